The summed E-state index contributed by atoms with van der Waals surface area (Å²) in [6.07, 6.45) is 7.42. The minimum atomic E-state index is 0.0278. The zero-order chi connectivity index (χ0) is 17.1. The first-order valence-electron chi connectivity index (χ1n) is 8.05. The molecule has 0 atom stereocenters. The van der Waals surface area contributed by atoms with Crippen LogP contribution in [0.4, 0.5) is 5.69 Å². The first kappa shape index (κ1) is 15.5. The molecular weight excluding hydrogens is 328 g/mol. The summed E-state index contributed by atoms with van der Waals surface area (Å²) < 4.78 is 0. The Balaban J connectivity index is 1.73. The molecule has 0 radical (unpaired) electrons. The van der Waals surface area contributed by atoms with E-state index in [0.29, 0.717) is 6.54 Å². The third-order valence-corrected chi connectivity index (χ3v) is 4.94. The highest BCUT2D eigenvalue weighted by Crippen LogP contribution is 2.31. The summed E-state index contributed by atoms with van der Waals surface area (Å²) in [5.74, 6) is 0.0278. The van der Waals surface area contributed by atoms with Crippen LogP contribution in [0.25, 0.3) is 6.08 Å². The number of allylic oxidation sites excluding steroid dienone is 2. The van der Waals surface area contributed by atoms with E-state index in [9.17, 15) is 4.79 Å². The summed E-state index contributed by atoms with van der Waals surface area (Å²) >= 11 is 1.46. The van der Waals surface area contributed by atoms with Crippen LogP contribution in [0.3, 0.4) is 0 Å². The van der Waals surface area contributed by atoms with Crippen molar-refractivity contribution in [1.82, 2.24) is 4.98 Å². The lowest BCUT2D eigenvalue weighted by Gasteiger charge is -2.30. The third-order valence-electron chi connectivity index (χ3n) is 4.06. The fraction of sp³-hybridized carbons (Fsp3) is 0.0476. The Morgan fingerprint density at radius 1 is 1.04 bits per heavy atom. The Hall–Kier alpha value is -2.98. The molecule has 0 fully saturated rings. The maximum absolute atomic E-state index is 12.5. The van der Waals surface area contributed by atoms with Crippen molar-refractivity contribution in [3.8, 4) is 0 Å². The molecule has 4 rings (SSSR count). The Morgan fingerprint density at radius 3 is 2.72 bits per heavy atom. The number of benzene rings is 1. The van der Waals surface area contributed by atoms with Gasteiger partial charge in [-0.25, -0.2) is 0 Å². The van der Waals surface area contributed by atoms with Crippen LogP contribution in [0, 0.1) is 0 Å². The number of pyridine rings is 1. The number of hydrogen-bond donors (Lipinski definition) is 0. The topological polar surface area (TPSA) is 33.2 Å². The van der Waals surface area contributed by atoms with Crippen molar-refractivity contribution in [2.75, 3.05) is 4.90 Å². The van der Waals surface area contributed by atoms with E-state index in [0.717, 1.165) is 22.0 Å². The Labute approximate surface area is 150 Å². The van der Waals surface area contributed by atoms with Gasteiger partial charge in [0.05, 0.1) is 16.3 Å². The zero-order valence-electron chi connectivity index (χ0n) is 13.5. The number of anilines is 1. The van der Waals surface area contributed by atoms with E-state index in [1.807, 2.05) is 60.0 Å². The maximum atomic E-state index is 12.5. The molecule has 25 heavy (non-hydrogen) atoms. The molecule has 3 heterocycles. The molecule has 0 spiro atoms. The molecule has 0 N–H and O–H groups in total. The highest BCUT2D eigenvalue weighted by atomic mass is 32.1. The second kappa shape index (κ2) is 6.87. The molecule has 122 valence electrons. The van der Waals surface area contributed by atoms with Gasteiger partial charge in [-0.2, -0.15) is 0 Å². The minimum absolute atomic E-state index is 0.0278. The van der Waals surface area contributed by atoms with Crippen molar-refractivity contribution in [3.63, 3.8) is 0 Å². The molecule has 4 heteroatoms. The number of hydrogen-bond acceptors (Lipinski definition) is 4. The third kappa shape index (κ3) is 3.30. The molecule has 0 aliphatic carbocycles. The van der Waals surface area contributed by atoms with Gasteiger partial charge in [-0.3, -0.25) is 9.78 Å². The summed E-state index contributed by atoms with van der Waals surface area (Å²) in [4.78, 5) is 19.9. The molecule has 0 unspecified atom stereocenters. The molecule has 0 saturated heterocycles. The van der Waals surface area contributed by atoms with E-state index in [-0.39, 0.29) is 5.78 Å². The summed E-state index contributed by atoms with van der Waals surface area (Å²) in [6.45, 7) is 0.688. The molecule has 1 aliphatic rings. The lowest BCUT2D eigenvalue weighted by atomic mass is 10.1. The average molecular weight is 344 g/mol. The van der Waals surface area contributed by atoms with Gasteiger partial charge in [0.1, 0.15) is 0 Å². The Morgan fingerprint density at radius 2 is 1.92 bits per heavy atom. The normalized spacial score (nSPS) is 14.6. The second-order valence-electron chi connectivity index (χ2n) is 5.72. The predicted molar refractivity (Wildman–Crippen MR) is 103 cm³/mol. The quantitative estimate of drug-likeness (QED) is 0.496. The molecule has 0 amide bonds. The monoisotopic (exact) mass is 344 g/mol. The number of rotatable bonds is 4. The second-order valence-corrected chi connectivity index (χ2v) is 6.67. The summed E-state index contributed by atoms with van der Waals surface area (Å²) in [5, 5.41) is 1.92. The van der Waals surface area contributed by atoms with E-state index in [1.54, 1.807) is 12.3 Å². The maximum Gasteiger partial charge on any atom is 0.197 e. The van der Waals surface area contributed by atoms with Crippen LogP contribution in [-0.4, -0.2) is 10.8 Å². The van der Waals surface area contributed by atoms with Gasteiger partial charge >= 0.3 is 0 Å². The van der Waals surface area contributed by atoms with Crippen molar-refractivity contribution < 1.29 is 4.79 Å². The standard InChI is InChI=1S/C21H16N2OS/c24-20(21-9-5-13-25-21)14-17-10-11-18-19(8-4-12-22-18)23(17)15-16-6-2-1-3-7-16/h1-14H,15H2/b17-14+. The van der Waals surface area contributed by atoms with Gasteiger partial charge in [-0.1, -0.05) is 36.4 Å². The molecule has 3 aromatic rings. The van der Waals surface area contributed by atoms with Gasteiger partial charge in [0.15, 0.2) is 5.78 Å². The van der Waals surface area contributed by atoms with Gasteiger partial charge in [0.25, 0.3) is 0 Å². The SMILES string of the molecule is O=C(/C=C1\C=Cc2ncccc2N1Cc1ccccc1)c1cccs1. The minimum Gasteiger partial charge on any atom is -0.335 e. The Kier molecular flexibility index (Phi) is 4.27. The molecule has 3 nitrogen and oxygen atoms in total. The summed E-state index contributed by atoms with van der Waals surface area (Å²) in [5.41, 5.74) is 3.99. The number of thiophene rings is 1. The van der Waals surface area contributed by atoms with Crippen molar-refractivity contribution in [1.29, 1.82) is 0 Å². The van der Waals surface area contributed by atoms with Crippen molar-refractivity contribution in [2.45, 2.75) is 6.54 Å². The fourth-order valence-electron chi connectivity index (χ4n) is 2.85. The van der Waals surface area contributed by atoms with Crippen LogP contribution in [-0.2, 0) is 6.54 Å². The Bertz CT molecular complexity index is 943. The van der Waals surface area contributed by atoms with Crippen LogP contribution >= 0.6 is 11.3 Å². The average Bonchev–Trinajstić information content (AvgIpc) is 3.19. The molecule has 2 aromatic heterocycles. The summed E-state index contributed by atoms with van der Waals surface area (Å²) in [7, 11) is 0. The van der Waals surface area contributed by atoms with Crippen molar-refractivity contribution in [3.05, 3.63) is 100 Å². The van der Waals surface area contributed by atoms with Crippen LogP contribution in [0.5, 0.6) is 0 Å². The van der Waals surface area contributed by atoms with E-state index >= 15 is 0 Å². The zero-order valence-corrected chi connectivity index (χ0v) is 14.3. The number of nitrogens with zero attached hydrogens (tertiary/aromatic N) is 2. The van der Waals surface area contributed by atoms with E-state index in [1.165, 1.54) is 16.9 Å². The van der Waals surface area contributed by atoms with E-state index in [4.69, 9.17) is 0 Å². The van der Waals surface area contributed by atoms with Gasteiger partial charge in [0.2, 0.25) is 0 Å². The molecule has 1 aromatic carbocycles. The van der Waals surface area contributed by atoms with Crippen LogP contribution in [0.2, 0.25) is 0 Å². The van der Waals surface area contributed by atoms with E-state index in [2.05, 4.69) is 22.0 Å². The molecular formula is C21H16N2OS. The van der Waals surface area contributed by atoms with E-state index < -0.39 is 0 Å². The highest BCUT2D eigenvalue weighted by molar-refractivity contribution is 7.12. The van der Waals surface area contributed by atoms with Crippen LogP contribution in [0.1, 0.15) is 20.9 Å². The van der Waals surface area contributed by atoms with Crippen molar-refractivity contribution in [2.24, 2.45) is 0 Å². The number of carbonyl (C=O) groups excluding carboxylic acids is 1. The van der Waals surface area contributed by atoms with Gasteiger partial charge < -0.3 is 4.90 Å². The van der Waals surface area contributed by atoms with Crippen LogP contribution < -0.4 is 4.90 Å². The fourth-order valence-corrected chi connectivity index (χ4v) is 3.49. The summed E-state index contributed by atoms with van der Waals surface area (Å²) in [6, 6.07) is 18.0. The molecule has 1 aliphatic heterocycles. The van der Waals surface area contributed by atoms with Gasteiger partial charge in [-0.05, 0) is 41.3 Å². The molecule has 0 saturated carbocycles. The van der Waals surface area contributed by atoms with Crippen molar-refractivity contribution >= 4 is 28.9 Å². The number of aromatic nitrogens is 1. The highest BCUT2D eigenvalue weighted by Gasteiger charge is 2.19. The number of carbonyl (C=O) groups is 1. The largest absolute Gasteiger partial charge is 0.335 e. The number of ketones is 1. The first-order valence-corrected chi connectivity index (χ1v) is 8.93. The predicted octanol–water partition coefficient (Wildman–Crippen LogP) is 4.94. The lowest BCUT2D eigenvalue weighted by Crippen LogP contribution is -2.25. The number of fused-ring (bicyclic) bond motifs is 1. The molecule has 0 bridgehead atoms. The smallest absolute Gasteiger partial charge is 0.197 e. The van der Waals surface area contributed by atoms with Gasteiger partial charge in [0, 0.05) is 24.5 Å². The lowest BCUT2D eigenvalue weighted by molar-refractivity contribution is 0.104. The first-order chi connectivity index (χ1) is 12.3. The van der Waals surface area contributed by atoms with Crippen LogP contribution in [0.15, 0.2) is 84.0 Å². The van der Waals surface area contributed by atoms with Gasteiger partial charge in [-0.15, -0.1) is 11.3 Å².